The van der Waals surface area contributed by atoms with Gasteiger partial charge in [-0.05, 0) is 45.9 Å². The number of esters is 1. The number of piperazine rings is 1. The molecule has 2 fully saturated rings. The number of nitrogens with two attached hydrogens (primary N) is 1. The minimum absolute atomic E-state index is 0.0159. The quantitative estimate of drug-likeness (QED) is 0.420. The fourth-order valence-electron chi connectivity index (χ4n) is 4.15. The van der Waals surface area contributed by atoms with Crippen molar-refractivity contribution in [2.75, 3.05) is 54.8 Å². The predicted octanol–water partition coefficient (Wildman–Crippen LogP) is 0.837. The minimum Gasteiger partial charge on any atom is -0.464 e. The van der Waals surface area contributed by atoms with Crippen LogP contribution in [0.4, 0.5) is 17.1 Å². The van der Waals surface area contributed by atoms with Crippen molar-refractivity contribution in [3.63, 3.8) is 0 Å². The molecule has 164 valence electrons. The van der Waals surface area contributed by atoms with E-state index in [9.17, 15) is 18.0 Å². The van der Waals surface area contributed by atoms with E-state index in [0.29, 0.717) is 24.2 Å². The van der Waals surface area contributed by atoms with E-state index in [-0.39, 0.29) is 18.2 Å². The number of nitrogen functional groups attached to an aromatic ring is 1. The number of anilines is 3. The number of carbonyl (C=O) groups excluding carboxylic acids is 2. The molecule has 1 aromatic carbocycles. The highest BCUT2D eigenvalue weighted by molar-refractivity contribution is 7.96. The molecule has 0 spiro atoms. The number of hydrogen-bond acceptors (Lipinski definition) is 8. The molecule has 3 aliphatic rings. The number of benzene rings is 1. The number of carbonyl (C=O) groups is 2. The summed E-state index contributed by atoms with van der Waals surface area (Å²) in [6, 6.07) is 2.96. The van der Waals surface area contributed by atoms with Gasteiger partial charge < -0.3 is 20.3 Å². The zero-order valence-electron chi connectivity index (χ0n) is 17.6. The monoisotopic (exact) mass is 436 g/mol. The van der Waals surface area contributed by atoms with Gasteiger partial charge in [-0.2, -0.15) is 0 Å². The lowest BCUT2D eigenvalue weighted by Crippen LogP contribution is -2.61. The van der Waals surface area contributed by atoms with Gasteiger partial charge in [-0.1, -0.05) is 0 Å². The molecular weight excluding hydrogens is 408 g/mol. The normalized spacial score (nSPS) is 26.4. The Morgan fingerprint density at radius 3 is 2.40 bits per heavy atom. The van der Waals surface area contributed by atoms with Crippen LogP contribution in [0.5, 0.6) is 0 Å². The van der Waals surface area contributed by atoms with Crippen molar-refractivity contribution < 1.29 is 22.7 Å². The Hall–Kier alpha value is -2.33. The fraction of sp³-hybridized carbons (Fsp3) is 0.600. The average molecular weight is 437 g/mol. The Morgan fingerprint density at radius 1 is 1.20 bits per heavy atom. The molecule has 10 heteroatoms. The topological polar surface area (TPSA) is 113 Å². The van der Waals surface area contributed by atoms with Gasteiger partial charge in [0, 0.05) is 37.8 Å². The third-order valence-electron chi connectivity index (χ3n) is 6.22. The maximum Gasteiger partial charge on any atom is 0.337 e. The molecule has 0 amide bonds. The summed E-state index contributed by atoms with van der Waals surface area (Å²) >= 11 is 0. The number of sulfonamides is 1. The van der Waals surface area contributed by atoms with Crippen molar-refractivity contribution in [1.29, 1.82) is 0 Å². The first-order valence-corrected chi connectivity index (χ1v) is 11.7. The van der Waals surface area contributed by atoms with E-state index in [1.165, 1.54) is 10.4 Å². The van der Waals surface area contributed by atoms with Gasteiger partial charge in [-0.25, -0.2) is 13.2 Å². The van der Waals surface area contributed by atoms with E-state index in [0.717, 1.165) is 38.8 Å². The SMILES string of the molecule is CCOC(=O)C1(C)C(=O)c2cc(N)c(N3CCN(C)CC3)cc2N(C2CC2)S1(=O)=O. The molecule has 0 radical (unpaired) electrons. The summed E-state index contributed by atoms with van der Waals surface area (Å²) in [5.41, 5.74) is 7.89. The Bertz CT molecular complexity index is 999. The maximum atomic E-state index is 13.6. The zero-order valence-corrected chi connectivity index (χ0v) is 18.4. The molecule has 4 rings (SSSR count). The van der Waals surface area contributed by atoms with Crippen LogP contribution in [-0.2, 0) is 19.6 Å². The molecular formula is C20H28N4O5S. The standard InChI is InChI=1S/C20H28N4O5S/c1-4-29-19(26)20(2)18(25)14-11-15(21)17(23-9-7-22(3)8-10-23)12-16(14)24(13-5-6-13)30(20,27)28/h11-13H,4-10,21H2,1-3H3. The van der Waals surface area contributed by atoms with Crippen LogP contribution in [0.2, 0.25) is 0 Å². The van der Waals surface area contributed by atoms with E-state index in [4.69, 9.17) is 10.5 Å². The second-order valence-electron chi connectivity index (χ2n) is 8.33. The molecule has 30 heavy (non-hydrogen) atoms. The highest BCUT2D eigenvalue weighted by Crippen LogP contribution is 2.48. The third-order valence-corrected chi connectivity index (χ3v) is 8.62. The largest absolute Gasteiger partial charge is 0.464 e. The molecule has 2 N–H and O–H groups in total. The second-order valence-corrected chi connectivity index (χ2v) is 10.5. The van der Waals surface area contributed by atoms with Gasteiger partial charge in [0.25, 0.3) is 10.0 Å². The molecule has 1 saturated heterocycles. The smallest absolute Gasteiger partial charge is 0.337 e. The number of Topliss-reactive ketones (excluding diaryl/α,β-unsaturated/α-hetero) is 1. The van der Waals surface area contributed by atoms with Crippen molar-refractivity contribution in [2.45, 2.75) is 37.5 Å². The molecule has 2 aliphatic heterocycles. The van der Waals surface area contributed by atoms with Crippen LogP contribution in [0.3, 0.4) is 0 Å². The summed E-state index contributed by atoms with van der Waals surface area (Å²) in [7, 11) is -2.27. The van der Waals surface area contributed by atoms with E-state index >= 15 is 0 Å². The Morgan fingerprint density at radius 2 is 1.83 bits per heavy atom. The summed E-state index contributed by atoms with van der Waals surface area (Å²) in [4.78, 5) is 30.4. The van der Waals surface area contributed by atoms with Crippen LogP contribution in [0.25, 0.3) is 0 Å². The molecule has 1 unspecified atom stereocenters. The number of likely N-dealkylation sites (N-methyl/N-ethyl adjacent to an activating group) is 1. The number of fused-ring (bicyclic) bond motifs is 1. The lowest BCUT2D eigenvalue weighted by atomic mass is 9.95. The Balaban J connectivity index is 1.86. The van der Waals surface area contributed by atoms with Crippen molar-refractivity contribution in [3.8, 4) is 0 Å². The lowest BCUT2D eigenvalue weighted by molar-refractivity contribution is -0.144. The number of hydrogen-bond donors (Lipinski definition) is 1. The molecule has 1 saturated carbocycles. The van der Waals surface area contributed by atoms with E-state index in [1.54, 1.807) is 13.0 Å². The summed E-state index contributed by atoms with van der Waals surface area (Å²) in [5, 5.41) is 0. The summed E-state index contributed by atoms with van der Waals surface area (Å²) in [5.74, 6) is -1.84. The van der Waals surface area contributed by atoms with E-state index < -0.39 is 26.5 Å². The minimum atomic E-state index is -4.31. The molecule has 1 aliphatic carbocycles. The first-order chi connectivity index (χ1) is 14.1. The van der Waals surface area contributed by atoms with Crippen molar-refractivity contribution in [3.05, 3.63) is 17.7 Å². The van der Waals surface area contributed by atoms with Crippen molar-refractivity contribution in [2.24, 2.45) is 0 Å². The summed E-state index contributed by atoms with van der Waals surface area (Å²) in [6.45, 7) is 5.94. The van der Waals surface area contributed by atoms with E-state index in [2.05, 4.69) is 9.80 Å². The number of rotatable bonds is 4. The van der Waals surface area contributed by atoms with Crippen LogP contribution >= 0.6 is 0 Å². The first kappa shape index (κ1) is 20.9. The molecule has 0 bridgehead atoms. The van der Waals surface area contributed by atoms with Crippen molar-refractivity contribution >= 4 is 38.8 Å². The van der Waals surface area contributed by atoms with Crippen LogP contribution in [0, 0.1) is 0 Å². The van der Waals surface area contributed by atoms with E-state index in [1.807, 2.05) is 7.05 Å². The van der Waals surface area contributed by atoms with Crippen molar-refractivity contribution in [1.82, 2.24) is 4.90 Å². The number of ether oxygens (including phenoxy) is 1. The Labute approximate surface area is 176 Å². The highest BCUT2D eigenvalue weighted by Gasteiger charge is 2.63. The zero-order chi connectivity index (χ0) is 21.8. The third kappa shape index (κ3) is 2.96. The van der Waals surface area contributed by atoms with Gasteiger partial charge in [-0.3, -0.25) is 9.10 Å². The Kier molecular flexibility index (Phi) is 4.97. The van der Waals surface area contributed by atoms with Gasteiger partial charge >= 0.3 is 5.97 Å². The van der Waals surface area contributed by atoms with Gasteiger partial charge in [0.15, 0.2) is 5.78 Å². The average Bonchev–Trinajstić information content (AvgIpc) is 3.52. The van der Waals surface area contributed by atoms with Crippen LogP contribution in [0.15, 0.2) is 12.1 Å². The molecule has 1 atom stereocenters. The van der Waals surface area contributed by atoms with Gasteiger partial charge in [0.05, 0.1) is 23.7 Å². The molecule has 1 aromatic rings. The maximum absolute atomic E-state index is 13.6. The van der Waals surface area contributed by atoms with Gasteiger partial charge in [-0.15, -0.1) is 0 Å². The molecule has 9 nitrogen and oxygen atoms in total. The molecule has 2 heterocycles. The van der Waals surface area contributed by atoms with Gasteiger partial charge in [0.2, 0.25) is 4.75 Å². The summed E-state index contributed by atoms with van der Waals surface area (Å²) in [6.07, 6.45) is 1.36. The molecule has 0 aromatic heterocycles. The van der Waals surface area contributed by atoms with Crippen LogP contribution in [0.1, 0.15) is 37.0 Å². The van der Waals surface area contributed by atoms with Crippen LogP contribution < -0.4 is 14.9 Å². The first-order valence-electron chi connectivity index (χ1n) is 10.3. The fourth-order valence-corrected chi connectivity index (χ4v) is 6.17. The summed E-state index contributed by atoms with van der Waals surface area (Å²) < 4.78 is 31.1. The second kappa shape index (κ2) is 7.12. The van der Waals surface area contributed by atoms with Gasteiger partial charge in [0.1, 0.15) is 0 Å². The predicted molar refractivity (Wildman–Crippen MR) is 114 cm³/mol. The highest BCUT2D eigenvalue weighted by atomic mass is 32.2. The number of nitrogens with zero attached hydrogens (tertiary/aromatic N) is 3. The van der Waals surface area contributed by atoms with Crippen LogP contribution in [-0.4, -0.2) is 75.7 Å². The number of ketones is 1. The lowest BCUT2D eigenvalue weighted by Gasteiger charge is -2.40.